The van der Waals surface area contributed by atoms with Crippen LogP contribution in [-0.4, -0.2) is 17.6 Å². The van der Waals surface area contributed by atoms with Gasteiger partial charge in [0.2, 0.25) is 5.91 Å². The average molecular weight is 343 g/mol. The van der Waals surface area contributed by atoms with E-state index in [1.165, 1.54) is 18.2 Å². The highest BCUT2D eigenvalue weighted by atomic mass is 19.3. The number of carbonyl (C=O) groups is 1. The number of anilines is 1. The summed E-state index contributed by atoms with van der Waals surface area (Å²) in [7, 11) is 0. The Morgan fingerprint density at radius 3 is 2.50 bits per heavy atom. The number of hydrogen-bond acceptors (Lipinski definition) is 3. The van der Waals surface area contributed by atoms with Gasteiger partial charge in [-0.2, -0.15) is 8.78 Å². The zero-order valence-corrected chi connectivity index (χ0v) is 12.2. The van der Waals surface area contributed by atoms with Crippen LogP contribution < -0.4 is 10.1 Å². The van der Waals surface area contributed by atoms with Crippen molar-refractivity contribution in [1.82, 2.24) is 0 Å². The maximum absolute atomic E-state index is 13.1. The van der Waals surface area contributed by atoms with Gasteiger partial charge in [0.15, 0.2) is 5.75 Å². The van der Waals surface area contributed by atoms with Gasteiger partial charge in [-0.05, 0) is 29.8 Å². The molecule has 0 aliphatic heterocycles. The van der Waals surface area contributed by atoms with Gasteiger partial charge in [-0.25, -0.2) is 8.78 Å². The molecule has 0 radical (unpaired) electrons. The molecular formula is C16H13F4NO3. The first-order valence-corrected chi connectivity index (χ1v) is 6.83. The third-order valence-electron chi connectivity index (χ3n) is 3.05. The molecule has 2 N–H and O–H groups in total. The summed E-state index contributed by atoms with van der Waals surface area (Å²) in [6.45, 7) is -3.19. The molecule has 1 amide bonds. The van der Waals surface area contributed by atoms with Gasteiger partial charge in [-0.15, -0.1) is 0 Å². The lowest BCUT2D eigenvalue weighted by molar-refractivity contribution is -0.118. The summed E-state index contributed by atoms with van der Waals surface area (Å²) in [6, 6.07) is 7.77. The van der Waals surface area contributed by atoms with Gasteiger partial charge in [0.1, 0.15) is 11.6 Å². The average Bonchev–Trinajstić information content (AvgIpc) is 2.49. The molecule has 0 aliphatic rings. The van der Waals surface area contributed by atoms with Gasteiger partial charge >= 0.3 is 6.61 Å². The van der Waals surface area contributed by atoms with Crippen molar-refractivity contribution < 1.29 is 32.2 Å². The van der Waals surface area contributed by atoms with Crippen molar-refractivity contribution in [1.29, 1.82) is 0 Å². The van der Waals surface area contributed by atoms with E-state index < -0.39 is 42.4 Å². The Morgan fingerprint density at radius 2 is 1.83 bits per heavy atom. The largest absolute Gasteiger partial charge is 0.432 e. The molecular weight excluding hydrogens is 330 g/mol. The molecule has 128 valence electrons. The molecule has 0 heterocycles. The number of aliphatic hydroxyl groups is 1. The lowest BCUT2D eigenvalue weighted by Gasteiger charge is -2.14. The predicted octanol–water partition coefficient (Wildman–Crippen LogP) is 3.63. The van der Waals surface area contributed by atoms with Gasteiger partial charge in [0, 0.05) is 6.07 Å². The predicted molar refractivity (Wildman–Crippen MR) is 77.6 cm³/mol. The number of ether oxygens (including phenoxy) is 1. The molecule has 8 heteroatoms. The molecule has 0 bridgehead atoms. The number of carbonyl (C=O) groups excluding carboxylic acids is 1. The molecule has 4 nitrogen and oxygen atoms in total. The number of nitrogens with one attached hydrogen (secondary N) is 1. The second kappa shape index (κ2) is 7.78. The standard InChI is InChI=1S/C16H13F4NO3/c17-10-3-1-2-9(6-10)13(22)8-15(23)21-12-5-4-11(18)7-14(12)24-16(19)20/h1-7,13,16,22H,8H2,(H,21,23). The van der Waals surface area contributed by atoms with Gasteiger partial charge < -0.3 is 15.2 Å². The number of rotatable bonds is 6. The van der Waals surface area contributed by atoms with Crippen LogP contribution in [0.4, 0.5) is 23.2 Å². The molecule has 0 fully saturated rings. The third-order valence-corrected chi connectivity index (χ3v) is 3.05. The van der Waals surface area contributed by atoms with Crippen molar-refractivity contribution in [3.05, 3.63) is 59.7 Å². The number of halogens is 4. The Kier molecular flexibility index (Phi) is 5.75. The smallest absolute Gasteiger partial charge is 0.387 e. The fourth-order valence-corrected chi connectivity index (χ4v) is 2.00. The van der Waals surface area contributed by atoms with E-state index in [1.54, 1.807) is 0 Å². The summed E-state index contributed by atoms with van der Waals surface area (Å²) in [5.41, 5.74) is 0.0152. The molecule has 24 heavy (non-hydrogen) atoms. The van der Waals surface area contributed by atoms with Gasteiger partial charge in [0.05, 0.1) is 18.2 Å². The van der Waals surface area contributed by atoms with E-state index in [4.69, 9.17) is 0 Å². The minimum atomic E-state index is -3.19. The first-order chi connectivity index (χ1) is 11.3. The van der Waals surface area contributed by atoms with E-state index in [2.05, 4.69) is 10.1 Å². The fraction of sp³-hybridized carbons (Fsp3) is 0.188. The van der Waals surface area contributed by atoms with Crippen LogP contribution in [0.3, 0.4) is 0 Å². The molecule has 0 saturated heterocycles. The van der Waals surface area contributed by atoms with Crippen molar-refractivity contribution in [2.45, 2.75) is 19.1 Å². The van der Waals surface area contributed by atoms with E-state index in [9.17, 15) is 27.5 Å². The monoisotopic (exact) mass is 343 g/mol. The summed E-state index contributed by atoms with van der Waals surface area (Å²) in [5, 5.41) is 12.2. The topological polar surface area (TPSA) is 58.6 Å². The van der Waals surface area contributed by atoms with Crippen molar-refractivity contribution in [2.75, 3.05) is 5.32 Å². The summed E-state index contributed by atoms with van der Waals surface area (Å²) in [4.78, 5) is 11.9. The molecule has 1 atom stereocenters. The highest BCUT2D eigenvalue weighted by molar-refractivity contribution is 5.92. The maximum Gasteiger partial charge on any atom is 0.387 e. The van der Waals surface area contributed by atoms with Gasteiger partial charge in [0.25, 0.3) is 0 Å². The van der Waals surface area contributed by atoms with E-state index in [0.717, 1.165) is 18.2 Å². The summed E-state index contributed by atoms with van der Waals surface area (Å²) < 4.78 is 54.9. The molecule has 0 aromatic heterocycles. The van der Waals surface area contributed by atoms with Crippen LogP contribution in [0.25, 0.3) is 0 Å². The quantitative estimate of drug-likeness (QED) is 0.788. The van der Waals surface area contributed by atoms with Crippen LogP contribution in [0.5, 0.6) is 5.75 Å². The number of alkyl halides is 2. The van der Waals surface area contributed by atoms with Crippen molar-refractivity contribution >= 4 is 11.6 Å². The summed E-state index contributed by atoms with van der Waals surface area (Å²) in [6.07, 6.45) is -1.74. The second-order valence-corrected chi connectivity index (χ2v) is 4.84. The minimum Gasteiger partial charge on any atom is -0.432 e. The zero-order chi connectivity index (χ0) is 17.7. The molecule has 0 saturated carbocycles. The van der Waals surface area contributed by atoms with Gasteiger partial charge in [-0.1, -0.05) is 12.1 Å². The Bertz CT molecular complexity index is 724. The number of aliphatic hydroxyl groups excluding tert-OH is 1. The first-order valence-electron chi connectivity index (χ1n) is 6.83. The Morgan fingerprint density at radius 1 is 1.12 bits per heavy atom. The Balaban J connectivity index is 2.07. The van der Waals surface area contributed by atoms with Gasteiger partial charge in [-0.3, -0.25) is 4.79 Å². The lowest BCUT2D eigenvalue weighted by atomic mass is 10.1. The van der Waals surface area contributed by atoms with E-state index in [0.29, 0.717) is 6.07 Å². The SMILES string of the molecule is O=C(CC(O)c1cccc(F)c1)Nc1ccc(F)cc1OC(F)F. The molecule has 0 spiro atoms. The van der Waals surface area contributed by atoms with E-state index >= 15 is 0 Å². The molecule has 2 aromatic carbocycles. The maximum atomic E-state index is 13.1. The summed E-state index contributed by atoms with van der Waals surface area (Å²) in [5.74, 6) is -2.67. The first kappa shape index (κ1) is 17.7. The number of benzene rings is 2. The van der Waals surface area contributed by atoms with Crippen molar-refractivity contribution in [3.8, 4) is 5.75 Å². The van der Waals surface area contributed by atoms with E-state index in [-0.39, 0.29) is 11.3 Å². The molecule has 2 aromatic rings. The molecule has 1 unspecified atom stereocenters. The normalized spacial score (nSPS) is 12.1. The van der Waals surface area contributed by atoms with Crippen LogP contribution in [0, 0.1) is 11.6 Å². The third kappa shape index (κ3) is 4.95. The van der Waals surface area contributed by atoms with Crippen LogP contribution in [0.15, 0.2) is 42.5 Å². The van der Waals surface area contributed by atoms with Crippen LogP contribution >= 0.6 is 0 Å². The van der Waals surface area contributed by atoms with Crippen molar-refractivity contribution in [3.63, 3.8) is 0 Å². The number of amides is 1. The highest BCUT2D eigenvalue weighted by Gasteiger charge is 2.17. The highest BCUT2D eigenvalue weighted by Crippen LogP contribution is 2.28. The Labute approximate surface area is 134 Å². The van der Waals surface area contributed by atoms with Crippen LogP contribution in [0.1, 0.15) is 18.1 Å². The minimum absolute atomic E-state index is 0.173. The second-order valence-electron chi connectivity index (χ2n) is 4.84. The fourth-order valence-electron chi connectivity index (χ4n) is 2.00. The Hall–Kier alpha value is -2.61. The van der Waals surface area contributed by atoms with Crippen LogP contribution in [0.2, 0.25) is 0 Å². The zero-order valence-electron chi connectivity index (χ0n) is 12.2. The number of hydrogen-bond donors (Lipinski definition) is 2. The van der Waals surface area contributed by atoms with Crippen molar-refractivity contribution in [2.24, 2.45) is 0 Å². The molecule has 0 aliphatic carbocycles. The van der Waals surface area contributed by atoms with E-state index in [1.807, 2.05) is 0 Å². The van der Waals surface area contributed by atoms with Crippen LogP contribution in [-0.2, 0) is 4.79 Å². The lowest BCUT2D eigenvalue weighted by Crippen LogP contribution is -2.17. The summed E-state index contributed by atoms with van der Waals surface area (Å²) >= 11 is 0. The molecule has 2 rings (SSSR count).